The topological polar surface area (TPSA) is 58.0 Å². The van der Waals surface area contributed by atoms with E-state index in [4.69, 9.17) is 9.97 Å². The number of aromatic nitrogens is 4. The molecular weight excluding hydrogens is 384 g/mol. The van der Waals surface area contributed by atoms with Gasteiger partial charge in [-0.2, -0.15) is 0 Å². The van der Waals surface area contributed by atoms with E-state index in [1.807, 2.05) is 85.2 Å². The van der Waals surface area contributed by atoms with Crippen LogP contribution in [-0.2, 0) is 0 Å². The third kappa shape index (κ3) is 4.10. The van der Waals surface area contributed by atoms with Crippen molar-refractivity contribution in [1.82, 2.24) is 19.9 Å². The molecule has 0 amide bonds. The van der Waals surface area contributed by atoms with Crippen LogP contribution >= 0.6 is 0 Å². The Morgan fingerprint density at radius 2 is 1.23 bits per heavy atom. The zero-order valence-corrected chi connectivity index (χ0v) is 17.5. The first-order chi connectivity index (χ1) is 15.3. The molecule has 31 heavy (non-hydrogen) atoms. The summed E-state index contributed by atoms with van der Waals surface area (Å²) in [4.78, 5) is 23.3. The van der Waals surface area contributed by atoms with Crippen LogP contribution in [0.15, 0.2) is 85.2 Å². The van der Waals surface area contributed by atoms with Crippen LogP contribution in [0, 0.1) is 0 Å². The minimum atomic E-state index is 0.294. The van der Waals surface area contributed by atoms with E-state index in [-0.39, 0.29) is 0 Å². The van der Waals surface area contributed by atoms with Gasteiger partial charge in [-0.3, -0.25) is 0 Å². The second-order valence-corrected chi connectivity index (χ2v) is 7.70. The van der Waals surface area contributed by atoms with Crippen LogP contribution in [0.4, 0.5) is 11.6 Å². The van der Waals surface area contributed by atoms with Crippen molar-refractivity contribution in [2.24, 2.45) is 0 Å². The molecule has 1 aliphatic rings. The van der Waals surface area contributed by atoms with Crippen molar-refractivity contribution in [3.8, 4) is 22.8 Å². The van der Waals surface area contributed by atoms with Gasteiger partial charge >= 0.3 is 0 Å². The van der Waals surface area contributed by atoms with Crippen molar-refractivity contribution >= 4 is 11.6 Å². The molecule has 5 rings (SSSR count). The van der Waals surface area contributed by atoms with E-state index in [1.165, 1.54) is 0 Å². The molecule has 0 saturated carbocycles. The van der Waals surface area contributed by atoms with Crippen LogP contribution in [0.3, 0.4) is 0 Å². The zero-order valence-electron chi connectivity index (χ0n) is 17.5. The van der Waals surface area contributed by atoms with Gasteiger partial charge in [0.05, 0.1) is 0 Å². The van der Waals surface area contributed by atoms with Gasteiger partial charge in [-0.15, -0.1) is 0 Å². The summed E-state index contributed by atoms with van der Waals surface area (Å²) < 4.78 is 0. The van der Waals surface area contributed by atoms with E-state index >= 15 is 0 Å². The molecule has 6 nitrogen and oxygen atoms in total. The largest absolute Gasteiger partial charge is 0.353 e. The lowest BCUT2D eigenvalue weighted by molar-refractivity contribution is 0.542. The highest BCUT2D eigenvalue weighted by Crippen LogP contribution is 2.25. The van der Waals surface area contributed by atoms with E-state index in [9.17, 15) is 0 Å². The van der Waals surface area contributed by atoms with Gasteiger partial charge in [0.1, 0.15) is 11.6 Å². The fraction of sp³-hybridized carbons (Fsp3) is 0.200. The molecule has 0 radical (unpaired) electrons. The van der Waals surface area contributed by atoms with Crippen LogP contribution in [0.1, 0.15) is 6.92 Å². The van der Waals surface area contributed by atoms with Crippen LogP contribution in [0.5, 0.6) is 0 Å². The summed E-state index contributed by atoms with van der Waals surface area (Å²) in [6, 6.07) is 24.5. The van der Waals surface area contributed by atoms with Crippen molar-refractivity contribution in [3.05, 3.63) is 85.2 Å². The normalized spacial score (nSPS) is 16.4. The fourth-order valence-electron chi connectivity index (χ4n) is 3.99. The molecule has 6 heteroatoms. The molecular formula is C25H24N6. The first kappa shape index (κ1) is 19.2. The summed E-state index contributed by atoms with van der Waals surface area (Å²) in [5, 5.41) is 0. The smallest absolute Gasteiger partial charge is 0.161 e. The Balaban J connectivity index is 1.34. The predicted octanol–water partition coefficient (Wildman–Crippen LogP) is 4.32. The Morgan fingerprint density at radius 1 is 0.677 bits per heavy atom. The minimum absolute atomic E-state index is 0.294. The van der Waals surface area contributed by atoms with Crippen molar-refractivity contribution in [3.63, 3.8) is 0 Å². The molecule has 2 aromatic carbocycles. The van der Waals surface area contributed by atoms with Gasteiger partial charge in [-0.25, -0.2) is 19.9 Å². The average molecular weight is 409 g/mol. The van der Waals surface area contributed by atoms with Crippen LogP contribution in [-0.4, -0.2) is 45.6 Å². The number of hydrogen-bond donors (Lipinski definition) is 0. The standard InChI is InChI=1S/C25H24N6/c1-19-18-30(22-12-14-26-24(28-22)20-8-4-2-5-9-20)16-17-31(19)23-13-15-27-25(29-23)21-10-6-3-7-11-21/h2-15,19H,16-18H2,1H3/t19-/m0/s1. The second-order valence-electron chi connectivity index (χ2n) is 7.70. The lowest BCUT2D eigenvalue weighted by Crippen LogP contribution is -2.52. The van der Waals surface area contributed by atoms with E-state index in [1.54, 1.807) is 0 Å². The second kappa shape index (κ2) is 8.52. The number of anilines is 2. The van der Waals surface area contributed by atoms with Gasteiger partial charge < -0.3 is 9.80 Å². The molecule has 4 aromatic rings. The first-order valence-electron chi connectivity index (χ1n) is 10.6. The molecule has 0 spiro atoms. The van der Waals surface area contributed by atoms with Crippen LogP contribution in [0.2, 0.25) is 0 Å². The monoisotopic (exact) mass is 408 g/mol. The predicted molar refractivity (Wildman–Crippen MR) is 124 cm³/mol. The molecule has 1 atom stereocenters. The molecule has 3 heterocycles. The first-order valence-corrected chi connectivity index (χ1v) is 10.6. The molecule has 0 unspecified atom stereocenters. The van der Waals surface area contributed by atoms with Crippen molar-refractivity contribution in [2.75, 3.05) is 29.4 Å². The van der Waals surface area contributed by atoms with E-state index in [2.05, 4.69) is 26.7 Å². The van der Waals surface area contributed by atoms with E-state index < -0.39 is 0 Å². The SMILES string of the molecule is C[C@H]1CN(c2ccnc(-c3ccccc3)n2)CCN1c1ccnc(-c2ccccc2)n1. The molecule has 0 N–H and O–H groups in total. The molecule has 1 saturated heterocycles. The number of benzene rings is 2. The Bertz CT molecular complexity index is 1150. The maximum Gasteiger partial charge on any atom is 0.161 e. The molecule has 1 aliphatic heterocycles. The summed E-state index contributed by atoms with van der Waals surface area (Å²) in [6.45, 7) is 4.85. The summed E-state index contributed by atoms with van der Waals surface area (Å²) in [5.74, 6) is 3.45. The third-order valence-electron chi connectivity index (χ3n) is 5.59. The van der Waals surface area contributed by atoms with Gasteiger partial charge in [0, 0.05) is 49.2 Å². The highest BCUT2D eigenvalue weighted by Gasteiger charge is 2.26. The highest BCUT2D eigenvalue weighted by atomic mass is 15.3. The lowest BCUT2D eigenvalue weighted by Gasteiger charge is -2.41. The fourth-order valence-corrected chi connectivity index (χ4v) is 3.99. The summed E-state index contributed by atoms with van der Waals surface area (Å²) in [6.07, 6.45) is 3.69. The Labute approximate surface area is 182 Å². The molecule has 1 fully saturated rings. The van der Waals surface area contributed by atoms with Crippen molar-refractivity contribution in [2.45, 2.75) is 13.0 Å². The van der Waals surface area contributed by atoms with Crippen molar-refractivity contribution < 1.29 is 0 Å². The maximum absolute atomic E-state index is 4.84. The number of piperazine rings is 1. The number of hydrogen-bond acceptors (Lipinski definition) is 6. The van der Waals surface area contributed by atoms with Gasteiger partial charge in [0.25, 0.3) is 0 Å². The third-order valence-corrected chi connectivity index (χ3v) is 5.59. The van der Waals surface area contributed by atoms with Crippen LogP contribution < -0.4 is 9.80 Å². The molecule has 0 bridgehead atoms. The maximum atomic E-state index is 4.84. The summed E-state index contributed by atoms with van der Waals surface area (Å²) in [7, 11) is 0. The van der Waals surface area contributed by atoms with Gasteiger partial charge in [0.2, 0.25) is 0 Å². The Morgan fingerprint density at radius 3 is 1.81 bits per heavy atom. The quantitative estimate of drug-likeness (QED) is 0.501. The van der Waals surface area contributed by atoms with Crippen LogP contribution in [0.25, 0.3) is 22.8 Å². The van der Waals surface area contributed by atoms with Gasteiger partial charge in [-0.1, -0.05) is 60.7 Å². The van der Waals surface area contributed by atoms with Crippen molar-refractivity contribution in [1.29, 1.82) is 0 Å². The summed E-state index contributed by atoms with van der Waals surface area (Å²) >= 11 is 0. The number of nitrogens with zero attached hydrogens (tertiary/aromatic N) is 6. The molecule has 0 aliphatic carbocycles. The van der Waals surface area contributed by atoms with E-state index in [0.29, 0.717) is 6.04 Å². The minimum Gasteiger partial charge on any atom is -0.353 e. The Kier molecular flexibility index (Phi) is 5.27. The highest BCUT2D eigenvalue weighted by molar-refractivity contribution is 5.59. The average Bonchev–Trinajstić information content (AvgIpc) is 2.85. The molecule has 154 valence electrons. The summed E-state index contributed by atoms with van der Waals surface area (Å²) in [5.41, 5.74) is 2.07. The molecule has 2 aromatic heterocycles. The van der Waals surface area contributed by atoms with E-state index in [0.717, 1.165) is 54.0 Å². The number of rotatable bonds is 4. The zero-order chi connectivity index (χ0) is 21.0. The van der Waals surface area contributed by atoms with Gasteiger partial charge in [0.15, 0.2) is 11.6 Å². The lowest BCUT2D eigenvalue weighted by atomic mass is 10.1. The Hall–Kier alpha value is -3.80. The van der Waals surface area contributed by atoms with Gasteiger partial charge in [-0.05, 0) is 19.1 Å².